The monoisotopic (exact) mass is 263 g/mol. The summed E-state index contributed by atoms with van der Waals surface area (Å²) >= 11 is 0. The first-order chi connectivity index (χ1) is 9.90. The molecular weight excluding hydrogens is 242 g/mol. The second-order valence-electron chi connectivity index (χ2n) is 6.27. The van der Waals surface area contributed by atoms with E-state index in [9.17, 15) is 0 Å². The van der Waals surface area contributed by atoms with Crippen molar-refractivity contribution in [3.63, 3.8) is 0 Å². The van der Waals surface area contributed by atoms with Gasteiger partial charge >= 0.3 is 0 Å². The highest BCUT2D eigenvalue weighted by molar-refractivity contribution is 5.31. The molecule has 2 heterocycles. The Balaban J connectivity index is 1.70. The molecule has 2 aromatic carbocycles. The maximum absolute atomic E-state index is 3.91. The van der Waals surface area contributed by atoms with Crippen LogP contribution >= 0.6 is 0 Å². The van der Waals surface area contributed by atoms with Gasteiger partial charge in [-0.2, -0.15) is 0 Å². The van der Waals surface area contributed by atoms with E-state index >= 15 is 0 Å². The lowest BCUT2D eigenvalue weighted by Gasteiger charge is -2.41. The van der Waals surface area contributed by atoms with Crippen LogP contribution in [0, 0.1) is 5.92 Å². The molecule has 2 bridgehead atoms. The van der Waals surface area contributed by atoms with Crippen LogP contribution in [-0.4, -0.2) is 6.04 Å². The average molecular weight is 263 g/mol. The number of hydrogen-bond acceptors (Lipinski definition) is 1. The number of rotatable bonds is 1. The fraction of sp³-hybridized carbons (Fsp3) is 0.368. The van der Waals surface area contributed by atoms with E-state index in [0.717, 1.165) is 5.92 Å². The van der Waals surface area contributed by atoms with E-state index in [1.165, 1.54) is 31.2 Å². The van der Waals surface area contributed by atoms with Gasteiger partial charge in [-0.05, 0) is 48.3 Å². The summed E-state index contributed by atoms with van der Waals surface area (Å²) in [6, 6.07) is 21.2. The van der Waals surface area contributed by atoms with Gasteiger partial charge in [-0.1, -0.05) is 54.6 Å². The fourth-order valence-corrected chi connectivity index (χ4v) is 3.97. The van der Waals surface area contributed by atoms with Crippen molar-refractivity contribution in [2.45, 2.75) is 37.8 Å². The van der Waals surface area contributed by atoms with Crippen molar-refractivity contribution in [2.75, 3.05) is 0 Å². The number of piperidine rings is 1. The summed E-state index contributed by atoms with van der Waals surface area (Å²) in [5.41, 5.74) is 4.59. The van der Waals surface area contributed by atoms with E-state index < -0.39 is 0 Å². The quantitative estimate of drug-likeness (QED) is 0.823. The Kier molecular flexibility index (Phi) is 3.08. The highest BCUT2D eigenvalue weighted by atomic mass is 15.0. The highest BCUT2D eigenvalue weighted by Crippen LogP contribution is 2.37. The van der Waals surface area contributed by atoms with Crippen LogP contribution in [0.2, 0.25) is 0 Å². The molecule has 1 aliphatic carbocycles. The second-order valence-corrected chi connectivity index (χ2v) is 6.27. The predicted molar refractivity (Wildman–Crippen MR) is 82.7 cm³/mol. The molecule has 0 saturated carbocycles. The largest absolute Gasteiger partial charge is 0.307 e. The number of nitrogens with one attached hydrogen (secondary N) is 1. The van der Waals surface area contributed by atoms with Gasteiger partial charge < -0.3 is 5.32 Å². The minimum Gasteiger partial charge on any atom is -0.307 e. The van der Waals surface area contributed by atoms with E-state index in [1.54, 1.807) is 11.1 Å². The van der Waals surface area contributed by atoms with E-state index in [1.807, 2.05) is 0 Å². The average Bonchev–Trinajstić information content (AvgIpc) is 2.48. The summed E-state index contributed by atoms with van der Waals surface area (Å²) in [6.07, 6.45) is 5.08. The Morgan fingerprint density at radius 3 is 2.25 bits per heavy atom. The zero-order chi connectivity index (χ0) is 13.4. The maximum atomic E-state index is 3.91. The zero-order valence-corrected chi connectivity index (χ0v) is 11.8. The predicted octanol–water partition coefficient (Wildman–Crippen LogP) is 3.89. The van der Waals surface area contributed by atoms with E-state index in [0.29, 0.717) is 12.1 Å². The SMILES string of the molecule is c1ccc([C@H]2N[C@@H]3CC[C@@H]2Cc2ccccc2C3)cc1. The lowest BCUT2D eigenvalue weighted by atomic mass is 9.75. The van der Waals surface area contributed by atoms with E-state index in [2.05, 4.69) is 59.9 Å². The molecule has 1 saturated heterocycles. The fourth-order valence-electron chi connectivity index (χ4n) is 3.97. The number of fused-ring (bicyclic) bond motifs is 2. The minimum atomic E-state index is 0.531. The first kappa shape index (κ1) is 12.2. The van der Waals surface area contributed by atoms with Crippen molar-refractivity contribution in [2.24, 2.45) is 5.92 Å². The van der Waals surface area contributed by atoms with Crippen molar-refractivity contribution in [3.05, 3.63) is 71.3 Å². The Labute approximate surface area is 121 Å². The molecule has 2 aliphatic heterocycles. The van der Waals surface area contributed by atoms with Crippen LogP contribution in [0.5, 0.6) is 0 Å². The Morgan fingerprint density at radius 2 is 1.45 bits per heavy atom. The van der Waals surface area contributed by atoms with Crippen molar-refractivity contribution < 1.29 is 0 Å². The van der Waals surface area contributed by atoms with Gasteiger partial charge in [0.05, 0.1) is 0 Å². The van der Waals surface area contributed by atoms with Gasteiger partial charge in [0, 0.05) is 12.1 Å². The molecule has 20 heavy (non-hydrogen) atoms. The molecule has 3 aliphatic rings. The zero-order valence-electron chi connectivity index (χ0n) is 11.8. The van der Waals surface area contributed by atoms with Crippen LogP contribution in [0.1, 0.15) is 35.6 Å². The number of hydrogen-bond donors (Lipinski definition) is 1. The van der Waals surface area contributed by atoms with Gasteiger partial charge in [0.2, 0.25) is 0 Å². The van der Waals surface area contributed by atoms with Crippen LogP contribution in [0.4, 0.5) is 0 Å². The summed E-state index contributed by atoms with van der Waals surface area (Å²) in [5.74, 6) is 0.732. The third-order valence-corrected chi connectivity index (χ3v) is 5.00. The molecule has 0 unspecified atom stereocenters. The van der Waals surface area contributed by atoms with Crippen molar-refractivity contribution in [3.8, 4) is 0 Å². The van der Waals surface area contributed by atoms with Gasteiger partial charge in [0.15, 0.2) is 0 Å². The lowest BCUT2D eigenvalue weighted by Crippen LogP contribution is -2.45. The van der Waals surface area contributed by atoms with Crippen molar-refractivity contribution >= 4 is 0 Å². The van der Waals surface area contributed by atoms with Gasteiger partial charge in [0.1, 0.15) is 0 Å². The highest BCUT2D eigenvalue weighted by Gasteiger charge is 2.33. The first-order valence-corrected chi connectivity index (χ1v) is 7.78. The van der Waals surface area contributed by atoms with Crippen molar-refractivity contribution in [1.82, 2.24) is 5.32 Å². The molecule has 0 radical (unpaired) electrons. The van der Waals surface area contributed by atoms with Crippen LogP contribution in [0.25, 0.3) is 0 Å². The Hall–Kier alpha value is -1.60. The Bertz CT molecular complexity index is 590. The van der Waals surface area contributed by atoms with Gasteiger partial charge in [-0.15, -0.1) is 0 Å². The van der Waals surface area contributed by atoms with E-state index in [-0.39, 0.29) is 0 Å². The molecule has 1 N–H and O–H groups in total. The third kappa shape index (κ3) is 2.16. The molecule has 102 valence electrons. The summed E-state index contributed by atoms with van der Waals surface area (Å²) in [4.78, 5) is 0. The second kappa shape index (κ2) is 5.06. The molecule has 0 amide bonds. The summed E-state index contributed by atoms with van der Waals surface area (Å²) in [7, 11) is 0. The summed E-state index contributed by atoms with van der Waals surface area (Å²) in [6.45, 7) is 0. The van der Waals surface area contributed by atoms with E-state index in [4.69, 9.17) is 0 Å². The topological polar surface area (TPSA) is 12.0 Å². The first-order valence-electron chi connectivity index (χ1n) is 7.78. The molecule has 1 nitrogen and oxygen atoms in total. The molecule has 1 heteroatoms. The van der Waals surface area contributed by atoms with Crippen LogP contribution in [-0.2, 0) is 12.8 Å². The molecule has 0 aromatic heterocycles. The maximum Gasteiger partial charge on any atom is 0.0354 e. The standard InChI is InChI=1S/C19H21N/c1-2-6-14(7-3-1)19-17-10-11-18(20-19)13-16-9-5-4-8-15(16)12-17/h1-9,17-20H,10-13H2/t17-,18-,19-/m1/s1. The van der Waals surface area contributed by atoms with Crippen molar-refractivity contribution in [1.29, 1.82) is 0 Å². The van der Waals surface area contributed by atoms with Crippen LogP contribution < -0.4 is 5.32 Å². The van der Waals surface area contributed by atoms with Crippen LogP contribution in [0.15, 0.2) is 54.6 Å². The third-order valence-electron chi connectivity index (χ3n) is 5.00. The Morgan fingerprint density at radius 1 is 0.750 bits per heavy atom. The number of benzene rings is 2. The van der Waals surface area contributed by atoms with Gasteiger partial charge in [-0.25, -0.2) is 0 Å². The summed E-state index contributed by atoms with van der Waals surface area (Å²) < 4.78 is 0. The molecule has 0 spiro atoms. The molecule has 2 aromatic rings. The van der Waals surface area contributed by atoms with Gasteiger partial charge in [0.25, 0.3) is 0 Å². The molecular formula is C19H21N. The summed E-state index contributed by atoms with van der Waals surface area (Å²) in [5, 5.41) is 3.91. The molecule has 5 rings (SSSR count). The van der Waals surface area contributed by atoms with Crippen LogP contribution in [0.3, 0.4) is 0 Å². The van der Waals surface area contributed by atoms with Gasteiger partial charge in [-0.3, -0.25) is 0 Å². The lowest BCUT2D eigenvalue weighted by molar-refractivity contribution is 0.221. The molecule has 1 fully saturated rings. The molecule has 3 atom stereocenters. The normalized spacial score (nSPS) is 28.5. The smallest absolute Gasteiger partial charge is 0.0354 e. The minimum absolute atomic E-state index is 0.531.